The Labute approximate surface area is 127 Å². The molecule has 0 aromatic heterocycles. The number of hydrogen-bond acceptors (Lipinski definition) is 3. The van der Waals surface area contributed by atoms with Gasteiger partial charge in [0.15, 0.2) is 0 Å². The number of hydrogen-bond donors (Lipinski definition) is 1. The molecule has 3 heteroatoms. The molecule has 0 atom stereocenters. The van der Waals surface area contributed by atoms with Crippen LogP contribution in [-0.2, 0) is 0 Å². The van der Waals surface area contributed by atoms with E-state index >= 15 is 0 Å². The van der Waals surface area contributed by atoms with E-state index in [2.05, 4.69) is 43.0 Å². The maximum absolute atomic E-state index is 6.44. The highest BCUT2D eigenvalue weighted by molar-refractivity contribution is 5.65. The molecule has 0 radical (unpaired) electrons. The molecule has 3 nitrogen and oxygen atoms in total. The third-order valence-corrected chi connectivity index (χ3v) is 4.74. The Hall–Kier alpha value is -1.32. The van der Waals surface area contributed by atoms with E-state index in [1.807, 2.05) is 0 Å². The van der Waals surface area contributed by atoms with Crippen molar-refractivity contribution >= 4 is 6.08 Å². The number of ether oxygens (including phenoxy) is 1. The molecule has 0 saturated carbocycles. The van der Waals surface area contributed by atoms with Crippen molar-refractivity contribution < 1.29 is 4.74 Å². The number of rotatable bonds is 3. The Bertz CT molecular complexity index is 542. The van der Waals surface area contributed by atoms with Gasteiger partial charge in [-0.1, -0.05) is 12.1 Å². The molecule has 0 aliphatic carbocycles. The second-order valence-electron chi connectivity index (χ2n) is 6.48. The van der Waals surface area contributed by atoms with Crippen LogP contribution < -0.4 is 10.5 Å². The number of benzene rings is 1. The predicted molar refractivity (Wildman–Crippen MR) is 87.7 cm³/mol. The van der Waals surface area contributed by atoms with E-state index in [0.29, 0.717) is 0 Å². The molecule has 1 spiro atoms. The molecule has 0 unspecified atom stereocenters. The number of fused-ring (bicyclic) bond motifs is 1. The first-order valence-electron chi connectivity index (χ1n) is 8.04. The lowest BCUT2D eigenvalue weighted by atomic mass is 9.87. The second-order valence-corrected chi connectivity index (χ2v) is 6.48. The van der Waals surface area contributed by atoms with Gasteiger partial charge >= 0.3 is 0 Å². The van der Waals surface area contributed by atoms with Crippen molar-refractivity contribution in [1.82, 2.24) is 4.90 Å². The summed E-state index contributed by atoms with van der Waals surface area (Å²) in [4.78, 5) is 2.51. The minimum Gasteiger partial charge on any atom is -0.482 e. The van der Waals surface area contributed by atoms with Crippen LogP contribution in [0, 0.1) is 13.8 Å². The molecule has 2 aliphatic rings. The van der Waals surface area contributed by atoms with Gasteiger partial charge in [-0.15, -0.1) is 0 Å². The standard InChI is InChI=1S/C18H26N2O/c1-14-12-15(2)16-4-5-18(21-17(16)13-14)6-10-20(11-7-18)9-3-8-19/h4-5,12-13H,3,6-11,19H2,1-2H3. The molecule has 1 aromatic carbocycles. The number of aryl methyl sites for hydroxylation is 2. The summed E-state index contributed by atoms with van der Waals surface area (Å²) in [6.45, 7) is 8.40. The first kappa shape index (κ1) is 14.6. The van der Waals surface area contributed by atoms with Crippen LogP contribution in [0.2, 0.25) is 0 Å². The number of nitrogens with zero attached hydrogens (tertiary/aromatic N) is 1. The molecule has 114 valence electrons. The fourth-order valence-electron chi connectivity index (χ4n) is 3.46. The maximum atomic E-state index is 6.44. The van der Waals surface area contributed by atoms with Crippen LogP contribution in [-0.4, -0.2) is 36.7 Å². The molecule has 21 heavy (non-hydrogen) atoms. The molecular weight excluding hydrogens is 260 g/mol. The fraction of sp³-hybridized carbons (Fsp3) is 0.556. The minimum absolute atomic E-state index is 0.0908. The lowest BCUT2D eigenvalue weighted by Crippen LogP contribution is -2.48. The van der Waals surface area contributed by atoms with Crippen molar-refractivity contribution in [3.8, 4) is 5.75 Å². The van der Waals surface area contributed by atoms with Crippen molar-refractivity contribution in [3.05, 3.63) is 34.9 Å². The Kier molecular flexibility index (Phi) is 4.05. The van der Waals surface area contributed by atoms with Gasteiger partial charge in [0.05, 0.1) is 0 Å². The van der Waals surface area contributed by atoms with Crippen molar-refractivity contribution in [2.24, 2.45) is 5.73 Å². The van der Waals surface area contributed by atoms with Gasteiger partial charge in [0, 0.05) is 31.5 Å². The van der Waals surface area contributed by atoms with E-state index < -0.39 is 0 Å². The van der Waals surface area contributed by atoms with Crippen LogP contribution in [0.4, 0.5) is 0 Å². The van der Waals surface area contributed by atoms with Crippen molar-refractivity contribution in [2.45, 2.75) is 38.7 Å². The Morgan fingerprint density at radius 2 is 2.00 bits per heavy atom. The highest BCUT2D eigenvalue weighted by Gasteiger charge is 2.36. The van der Waals surface area contributed by atoms with Crippen LogP contribution in [0.5, 0.6) is 5.75 Å². The van der Waals surface area contributed by atoms with Gasteiger partial charge in [-0.3, -0.25) is 0 Å². The summed E-state index contributed by atoms with van der Waals surface area (Å²) in [6, 6.07) is 4.40. The van der Waals surface area contributed by atoms with Crippen LogP contribution in [0.1, 0.15) is 36.0 Å². The first-order valence-corrected chi connectivity index (χ1v) is 8.04. The lowest BCUT2D eigenvalue weighted by molar-refractivity contribution is 0.0386. The summed E-state index contributed by atoms with van der Waals surface area (Å²) in [5, 5.41) is 0. The summed E-state index contributed by atoms with van der Waals surface area (Å²) >= 11 is 0. The number of likely N-dealkylation sites (tertiary alicyclic amines) is 1. The van der Waals surface area contributed by atoms with Gasteiger partial charge in [0.1, 0.15) is 11.4 Å². The van der Waals surface area contributed by atoms with E-state index in [0.717, 1.165) is 51.2 Å². The second kappa shape index (κ2) is 5.82. The van der Waals surface area contributed by atoms with E-state index in [1.165, 1.54) is 16.7 Å². The first-order chi connectivity index (χ1) is 10.1. The van der Waals surface area contributed by atoms with Crippen LogP contribution in [0.15, 0.2) is 18.2 Å². The third kappa shape index (κ3) is 2.99. The molecule has 1 aromatic rings. The summed E-state index contributed by atoms with van der Waals surface area (Å²) in [6.07, 6.45) is 7.78. The molecule has 0 amide bonds. The zero-order chi connectivity index (χ0) is 14.9. The molecule has 1 fully saturated rings. The SMILES string of the molecule is Cc1cc(C)c2c(c1)OC1(C=C2)CCN(CCCN)CC1. The highest BCUT2D eigenvalue weighted by Crippen LogP contribution is 2.38. The lowest BCUT2D eigenvalue weighted by Gasteiger charge is -2.42. The average molecular weight is 286 g/mol. The molecule has 2 heterocycles. The zero-order valence-corrected chi connectivity index (χ0v) is 13.2. The van der Waals surface area contributed by atoms with E-state index in [1.54, 1.807) is 0 Å². The van der Waals surface area contributed by atoms with Crippen molar-refractivity contribution in [3.63, 3.8) is 0 Å². The van der Waals surface area contributed by atoms with E-state index in [4.69, 9.17) is 10.5 Å². The van der Waals surface area contributed by atoms with Crippen molar-refractivity contribution in [1.29, 1.82) is 0 Å². The van der Waals surface area contributed by atoms with Crippen LogP contribution in [0.3, 0.4) is 0 Å². The topological polar surface area (TPSA) is 38.5 Å². The summed E-state index contributed by atoms with van der Waals surface area (Å²) in [5.74, 6) is 1.06. The fourth-order valence-corrected chi connectivity index (χ4v) is 3.46. The van der Waals surface area contributed by atoms with Crippen LogP contribution in [0.25, 0.3) is 6.08 Å². The average Bonchev–Trinajstić information content (AvgIpc) is 2.46. The van der Waals surface area contributed by atoms with E-state index in [9.17, 15) is 0 Å². The van der Waals surface area contributed by atoms with Gasteiger partial charge < -0.3 is 15.4 Å². The van der Waals surface area contributed by atoms with E-state index in [-0.39, 0.29) is 5.60 Å². The molecule has 1 saturated heterocycles. The smallest absolute Gasteiger partial charge is 0.130 e. The molecular formula is C18H26N2O. The quantitative estimate of drug-likeness (QED) is 0.928. The van der Waals surface area contributed by atoms with Crippen LogP contribution >= 0.6 is 0 Å². The van der Waals surface area contributed by atoms with Gasteiger partial charge in [-0.2, -0.15) is 0 Å². The molecule has 0 bridgehead atoms. The molecule has 2 N–H and O–H groups in total. The number of piperidine rings is 1. The van der Waals surface area contributed by atoms with Gasteiger partial charge in [-0.05, 0) is 56.6 Å². The monoisotopic (exact) mass is 286 g/mol. The normalized spacial score (nSPS) is 20.3. The minimum atomic E-state index is -0.0908. The molecule has 3 rings (SSSR count). The highest BCUT2D eigenvalue weighted by atomic mass is 16.5. The predicted octanol–water partition coefficient (Wildman–Crippen LogP) is 2.89. The maximum Gasteiger partial charge on any atom is 0.130 e. The molecule has 2 aliphatic heterocycles. The third-order valence-electron chi connectivity index (χ3n) is 4.74. The van der Waals surface area contributed by atoms with Crippen molar-refractivity contribution in [2.75, 3.05) is 26.2 Å². The summed E-state index contributed by atoms with van der Waals surface area (Å²) < 4.78 is 6.44. The Morgan fingerprint density at radius 1 is 1.24 bits per heavy atom. The van der Waals surface area contributed by atoms with Gasteiger partial charge in [0.25, 0.3) is 0 Å². The Balaban J connectivity index is 1.73. The zero-order valence-electron chi connectivity index (χ0n) is 13.2. The summed E-state index contributed by atoms with van der Waals surface area (Å²) in [5.41, 5.74) is 9.33. The largest absolute Gasteiger partial charge is 0.482 e. The van der Waals surface area contributed by atoms with Gasteiger partial charge in [0.2, 0.25) is 0 Å². The van der Waals surface area contributed by atoms with Gasteiger partial charge in [-0.25, -0.2) is 0 Å². The number of nitrogens with two attached hydrogens (primary N) is 1. The Morgan fingerprint density at radius 3 is 2.71 bits per heavy atom. The summed E-state index contributed by atoms with van der Waals surface area (Å²) in [7, 11) is 0.